The first kappa shape index (κ1) is 16.9. The number of ether oxygens (including phenoxy) is 2. The summed E-state index contributed by atoms with van der Waals surface area (Å²) in [7, 11) is 0. The number of carbonyl (C=O) groups is 1. The molecule has 4 heteroatoms. The SMILES string of the molecule is Cc1cccc2c1C1CCC(CC1)OCC1[C@@H](C)CCN1C(=O)CO2. The van der Waals surface area contributed by atoms with Crippen molar-refractivity contribution in [3.05, 3.63) is 29.3 Å². The number of amides is 1. The molecule has 5 rings (SSSR count). The predicted molar refractivity (Wildman–Crippen MR) is 96.9 cm³/mol. The van der Waals surface area contributed by atoms with Crippen LogP contribution in [0.1, 0.15) is 56.1 Å². The molecule has 1 saturated carbocycles. The lowest BCUT2D eigenvalue weighted by atomic mass is 9.80. The van der Waals surface area contributed by atoms with E-state index in [9.17, 15) is 4.79 Å². The number of hydrogen-bond acceptors (Lipinski definition) is 3. The summed E-state index contributed by atoms with van der Waals surface area (Å²) in [6.45, 7) is 6.02. The highest BCUT2D eigenvalue weighted by Gasteiger charge is 2.36. The van der Waals surface area contributed by atoms with Gasteiger partial charge in [0.05, 0.1) is 18.8 Å². The van der Waals surface area contributed by atoms with E-state index in [-0.39, 0.29) is 18.6 Å². The van der Waals surface area contributed by atoms with Crippen molar-refractivity contribution in [2.75, 3.05) is 19.8 Å². The van der Waals surface area contributed by atoms with Gasteiger partial charge in [0.2, 0.25) is 0 Å². The Morgan fingerprint density at radius 3 is 2.72 bits per heavy atom. The van der Waals surface area contributed by atoms with Crippen LogP contribution in [0.2, 0.25) is 0 Å². The van der Waals surface area contributed by atoms with Gasteiger partial charge >= 0.3 is 0 Å². The molecule has 3 heterocycles. The third-order valence-electron chi connectivity index (χ3n) is 6.42. The maximum atomic E-state index is 12.8. The standard InChI is InChI=1S/C21H29NO3/c1-14-10-11-22-18(14)12-24-17-8-6-16(7-9-17)21-15(2)4-3-5-19(21)25-13-20(22)23/h3-5,14,16-18H,6-13H2,1-2H3/t14-,16?,17?,18?/m0/s1. The fraction of sp³-hybridized carbons (Fsp3) is 0.667. The second kappa shape index (κ2) is 6.99. The molecule has 2 fully saturated rings. The van der Waals surface area contributed by atoms with Crippen molar-refractivity contribution in [3.8, 4) is 5.75 Å². The van der Waals surface area contributed by atoms with E-state index >= 15 is 0 Å². The molecule has 4 aliphatic rings. The fourth-order valence-electron chi connectivity index (χ4n) is 4.85. The molecule has 4 nitrogen and oxygen atoms in total. The maximum Gasteiger partial charge on any atom is 0.260 e. The molecule has 1 unspecified atom stereocenters. The van der Waals surface area contributed by atoms with Gasteiger partial charge in [-0.1, -0.05) is 19.1 Å². The number of rotatable bonds is 0. The molecule has 0 N–H and O–H groups in total. The molecule has 136 valence electrons. The lowest BCUT2D eigenvalue weighted by Crippen LogP contribution is -2.43. The lowest BCUT2D eigenvalue weighted by Gasteiger charge is -2.32. The monoisotopic (exact) mass is 343 g/mol. The average molecular weight is 343 g/mol. The molecular weight excluding hydrogens is 314 g/mol. The van der Waals surface area contributed by atoms with E-state index in [0.717, 1.165) is 44.4 Å². The first-order valence-corrected chi connectivity index (χ1v) is 9.77. The number of benzene rings is 1. The van der Waals surface area contributed by atoms with Crippen molar-refractivity contribution in [1.82, 2.24) is 4.90 Å². The number of fused-ring (bicyclic) bond motifs is 5. The number of nitrogens with zero attached hydrogens (tertiary/aromatic N) is 1. The number of aryl methyl sites for hydroxylation is 1. The Labute approximate surface area is 150 Å². The van der Waals surface area contributed by atoms with Gasteiger partial charge in [0.15, 0.2) is 6.61 Å². The van der Waals surface area contributed by atoms with Crippen LogP contribution in [0.5, 0.6) is 5.75 Å². The van der Waals surface area contributed by atoms with Gasteiger partial charge in [-0.2, -0.15) is 0 Å². The molecule has 0 spiro atoms. The van der Waals surface area contributed by atoms with Crippen LogP contribution in [-0.2, 0) is 9.53 Å². The summed E-state index contributed by atoms with van der Waals surface area (Å²) in [6, 6.07) is 6.42. The van der Waals surface area contributed by atoms with Crippen molar-refractivity contribution >= 4 is 5.91 Å². The lowest BCUT2D eigenvalue weighted by molar-refractivity contribution is -0.136. The molecule has 1 aliphatic carbocycles. The van der Waals surface area contributed by atoms with Crippen LogP contribution in [0.3, 0.4) is 0 Å². The Bertz CT molecular complexity index is 636. The molecule has 3 aliphatic heterocycles. The average Bonchev–Trinajstić information content (AvgIpc) is 2.99. The largest absolute Gasteiger partial charge is 0.483 e. The highest BCUT2D eigenvalue weighted by Crippen LogP contribution is 2.40. The quantitative estimate of drug-likeness (QED) is 0.721. The van der Waals surface area contributed by atoms with Gasteiger partial charge in [0, 0.05) is 12.1 Å². The highest BCUT2D eigenvalue weighted by atomic mass is 16.5. The van der Waals surface area contributed by atoms with Gasteiger partial charge in [-0.25, -0.2) is 0 Å². The first-order chi connectivity index (χ1) is 12.1. The molecule has 2 bridgehead atoms. The van der Waals surface area contributed by atoms with Gasteiger partial charge in [0.1, 0.15) is 5.75 Å². The van der Waals surface area contributed by atoms with Crippen LogP contribution in [0.25, 0.3) is 0 Å². The Morgan fingerprint density at radius 1 is 1.12 bits per heavy atom. The van der Waals surface area contributed by atoms with Crippen LogP contribution < -0.4 is 4.74 Å². The number of carbonyl (C=O) groups excluding carboxylic acids is 1. The molecular formula is C21H29NO3. The summed E-state index contributed by atoms with van der Waals surface area (Å²) in [4.78, 5) is 14.8. The summed E-state index contributed by atoms with van der Waals surface area (Å²) < 4.78 is 12.3. The topological polar surface area (TPSA) is 38.8 Å². The smallest absolute Gasteiger partial charge is 0.260 e. The van der Waals surface area contributed by atoms with Crippen LogP contribution in [0.4, 0.5) is 0 Å². The Hall–Kier alpha value is -1.55. The minimum Gasteiger partial charge on any atom is -0.483 e. The van der Waals surface area contributed by atoms with E-state index in [4.69, 9.17) is 9.47 Å². The summed E-state index contributed by atoms with van der Waals surface area (Å²) in [5.41, 5.74) is 2.58. The predicted octanol–water partition coefficient (Wildman–Crippen LogP) is 3.67. The van der Waals surface area contributed by atoms with E-state index in [0.29, 0.717) is 24.5 Å². The molecule has 2 atom stereocenters. The molecule has 1 saturated heterocycles. The van der Waals surface area contributed by atoms with E-state index in [1.807, 2.05) is 17.0 Å². The van der Waals surface area contributed by atoms with Crippen molar-refractivity contribution in [2.24, 2.45) is 5.92 Å². The fourth-order valence-corrected chi connectivity index (χ4v) is 4.85. The second-order valence-corrected chi connectivity index (χ2v) is 8.00. The maximum absolute atomic E-state index is 12.8. The van der Waals surface area contributed by atoms with Gasteiger partial charge in [-0.15, -0.1) is 0 Å². The molecule has 0 radical (unpaired) electrons. The van der Waals surface area contributed by atoms with E-state index in [2.05, 4.69) is 19.9 Å². The van der Waals surface area contributed by atoms with E-state index < -0.39 is 0 Å². The highest BCUT2D eigenvalue weighted by molar-refractivity contribution is 5.78. The minimum absolute atomic E-state index is 0.0944. The zero-order chi connectivity index (χ0) is 17.4. The van der Waals surface area contributed by atoms with Crippen molar-refractivity contribution in [2.45, 2.75) is 64.0 Å². The van der Waals surface area contributed by atoms with Crippen molar-refractivity contribution < 1.29 is 14.3 Å². The van der Waals surface area contributed by atoms with Crippen molar-refractivity contribution in [1.29, 1.82) is 0 Å². The third kappa shape index (κ3) is 3.29. The normalized spacial score (nSPS) is 32.9. The summed E-state index contributed by atoms with van der Waals surface area (Å²) >= 11 is 0. The Balaban J connectivity index is 1.64. The Kier molecular flexibility index (Phi) is 4.72. The van der Waals surface area contributed by atoms with Gasteiger partial charge in [-0.3, -0.25) is 4.79 Å². The summed E-state index contributed by atoms with van der Waals surface area (Å²) in [5.74, 6) is 2.02. The Morgan fingerprint density at radius 2 is 1.92 bits per heavy atom. The summed E-state index contributed by atoms with van der Waals surface area (Å²) in [5, 5.41) is 0. The zero-order valence-electron chi connectivity index (χ0n) is 15.4. The molecule has 1 aromatic carbocycles. The van der Waals surface area contributed by atoms with Crippen LogP contribution in [-0.4, -0.2) is 42.7 Å². The van der Waals surface area contributed by atoms with Crippen LogP contribution >= 0.6 is 0 Å². The van der Waals surface area contributed by atoms with Crippen molar-refractivity contribution in [3.63, 3.8) is 0 Å². The molecule has 25 heavy (non-hydrogen) atoms. The molecule has 0 aromatic heterocycles. The second-order valence-electron chi connectivity index (χ2n) is 8.00. The van der Waals surface area contributed by atoms with Crippen LogP contribution in [0, 0.1) is 12.8 Å². The zero-order valence-corrected chi connectivity index (χ0v) is 15.4. The number of hydrogen-bond donors (Lipinski definition) is 0. The minimum atomic E-state index is 0.0944. The third-order valence-corrected chi connectivity index (χ3v) is 6.42. The van der Waals surface area contributed by atoms with E-state index in [1.54, 1.807) is 0 Å². The van der Waals surface area contributed by atoms with E-state index in [1.165, 1.54) is 11.1 Å². The van der Waals surface area contributed by atoms with Gasteiger partial charge in [0.25, 0.3) is 5.91 Å². The summed E-state index contributed by atoms with van der Waals surface area (Å²) in [6.07, 6.45) is 5.90. The molecule has 1 amide bonds. The first-order valence-electron chi connectivity index (χ1n) is 9.77. The van der Waals surface area contributed by atoms with Crippen LogP contribution in [0.15, 0.2) is 18.2 Å². The van der Waals surface area contributed by atoms with Gasteiger partial charge in [-0.05, 0) is 62.5 Å². The molecule has 1 aromatic rings. The van der Waals surface area contributed by atoms with Gasteiger partial charge < -0.3 is 14.4 Å².